The number of rotatable bonds is 7. The van der Waals surface area contributed by atoms with Gasteiger partial charge in [0.15, 0.2) is 5.11 Å². The number of anilines is 1. The largest absolute Gasteiger partial charge is 0.352 e. The second-order valence-corrected chi connectivity index (χ2v) is 8.50. The molecule has 1 aliphatic rings. The van der Waals surface area contributed by atoms with E-state index < -0.39 is 0 Å². The van der Waals surface area contributed by atoms with Crippen molar-refractivity contribution in [2.75, 3.05) is 11.9 Å². The molecular formula is C24H26FN5OS. The molecule has 0 saturated carbocycles. The number of hydrogen-bond donors (Lipinski definition) is 2. The monoisotopic (exact) mass is 451 g/mol. The van der Waals surface area contributed by atoms with Gasteiger partial charge in [0.25, 0.3) is 0 Å². The van der Waals surface area contributed by atoms with Crippen LogP contribution in [0.1, 0.15) is 49.7 Å². The van der Waals surface area contributed by atoms with Gasteiger partial charge in [-0.3, -0.25) is 9.78 Å². The van der Waals surface area contributed by atoms with Crippen LogP contribution in [0.5, 0.6) is 0 Å². The fourth-order valence-corrected chi connectivity index (χ4v) is 4.25. The lowest BCUT2D eigenvalue weighted by Crippen LogP contribution is -2.32. The SMILES string of the molecule is CC(C)n1ccc([C@@H]2[C@H](c3ccccn3)NC(=S)N2CCC(=O)Nc2ccc(F)cc2)c1. The number of carbonyl (C=O) groups excluding carboxylic acids is 1. The van der Waals surface area contributed by atoms with Crippen LogP contribution in [0.4, 0.5) is 10.1 Å². The molecule has 1 aromatic carbocycles. The maximum absolute atomic E-state index is 13.1. The highest BCUT2D eigenvalue weighted by atomic mass is 32.1. The minimum Gasteiger partial charge on any atom is -0.352 e. The molecule has 2 aromatic heterocycles. The fourth-order valence-electron chi connectivity index (χ4n) is 3.91. The molecule has 1 saturated heterocycles. The summed E-state index contributed by atoms with van der Waals surface area (Å²) in [6.07, 6.45) is 6.22. The molecule has 2 N–H and O–H groups in total. The average molecular weight is 452 g/mol. The summed E-state index contributed by atoms with van der Waals surface area (Å²) in [5.74, 6) is -0.493. The quantitative estimate of drug-likeness (QED) is 0.514. The molecule has 8 heteroatoms. The Kier molecular flexibility index (Phi) is 6.50. The Morgan fingerprint density at radius 1 is 1.22 bits per heavy atom. The van der Waals surface area contributed by atoms with Crippen LogP contribution >= 0.6 is 12.2 Å². The number of amides is 1. The van der Waals surface area contributed by atoms with E-state index in [1.165, 1.54) is 12.1 Å². The van der Waals surface area contributed by atoms with Crippen molar-refractivity contribution in [1.82, 2.24) is 19.8 Å². The maximum atomic E-state index is 13.1. The summed E-state index contributed by atoms with van der Waals surface area (Å²) in [6.45, 7) is 4.71. The molecule has 3 aromatic rings. The number of nitrogens with zero attached hydrogens (tertiary/aromatic N) is 3. The van der Waals surface area contributed by atoms with Crippen LogP contribution in [-0.4, -0.2) is 32.0 Å². The van der Waals surface area contributed by atoms with E-state index in [-0.39, 0.29) is 30.2 Å². The van der Waals surface area contributed by atoms with Crippen LogP contribution in [0.15, 0.2) is 67.1 Å². The highest BCUT2D eigenvalue weighted by Crippen LogP contribution is 2.39. The van der Waals surface area contributed by atoms with Crippen molar-refractivity contribution in [3.8, 4) is 0 Å². The molecule has 1 fully saturated rings. The topological polar surface area (TPSA) is 62.2 Å². The van der Waals surface area contributed by atoms with Crippen LogP contribution in [-0.2, 0) is 4.79 Å². The van der Waals surface area contributed by atoms with Gasteiger partial charge in [0.1, 0.15) is 5.82 Å². The number of thiocarbonyl (C=S) groups is 1. The van der Waals surface area contributed by atoms with Gasteiger partial charge >= 0.3 is 0 Å². The van der Waals surface area contributed by atoms with Gasteiger partial charge in [-0.05, 0) is 74.1 Å². The van der Waals surface area contributed by atoms with Crippen LogP contribution in [0, 0.1) is 5.82 Å². The highest BCUT2D eigenvalue weighted by molar-refractivity contribution is 7.80. The molecule has 0 radical (unpaired) electrons. The molecule has 0 spiro atoms. The minimum absolute atomic E-state index is 0.0870. The summed E-state index contributed by atoms with van der Waals surface area (Å²) in [5.41, 5.74) is 2.58. The maximum Gasteiger partial charge on any atom is 0.226 e. The normalized spacial score (nSPS) is 18.1. The Balaban J connectivity index is 1.53. The first-order valence-electron chi connectivity index (χ1n) is 10.6. The summed E-state index contributed by atoms with van der Waals surface area (Å²) < 4.78 is 15.3. The van der Waals surface area contributed by atoms with Crippen molar-refractivity contribution in [1.29, 1.82) is 0 Å². The van der Waals surface area contributed by atoms with Gasteiger partial charge in [0, 0.05) is 43.3 Å². The van der Waals surface area contributed by atoms with E-state index in [1.807, 2.05) is 18.2 Å². The van der Waals surface area contributed by atoms with E-state index in [0.29, 0.717) is 23.4 Å². The first-order chi connectivity index (χ1) is 15.4. The number of benzene rings is 1. The summed E-state index contributed by atoms with van der Waals surface area (Å²) in [7, 11) is 0. The zero-order valence-electron chi connectivity index (χ0n) is 18.0. The van der Waals surface area contributed by atoms with Crippen LogP contribution in [0.25, 0.3) is 0 Å². The van der Waals surface area contributed by atoms with Gasteiger partial charge in [-0.2, -0.15) is 0 Å². The standard InChI is InChI=1S/C24H26FN5OS/c1-16(2)29-13-10-17(15-29)23-22(20-5-3-4-12-26-20)28-24(32)30(23)14-11-21(31)27-19-8-6-18(25)7-9-19/h3-10,12-13,15-16,22-23H,11,14H2,1-2H3,(H,27,31)(H,28,32)/t22-,23+/m0/s1. The van der Waals surface area contributed by atoms with E-state index in [1.54, 1.807) is 18.3 Å². The molecule has 1 aliphatic heterocycles. The van der Waals surface area contributed by atoms with E-state index in [0.717, 1.165) is 11.3 Å². The lowest BCUT2D eigenvalue weighted by molar-refractivity contribution is -0.116. The summed E-state index contributed by atoms with van der Waals surface area (Å²) in [5, 5.41) is 6.81. The Bertz CT molecular complexity index is 1080. The second-order valence-electron chi connectivity index (χ2n) is 8.11. The molecule has 0 aliphatic carbocycles. The summed E-state index contributed by atoms with van der Waals surface area (Å²) in [4.78, 5) is 19.1. The first-order valence-corrected chi connectivity index (χ1v) is 11.0. The van der Waals surface area contributed by atoms with E-state index in [2.05, 4.69) is 57.4 Å². The molecule has 0 unspecified atom stereocenters. The third-order valence-corrected chi connectivity index (χ3v) is 5.93. The molecule has 0 bridgehead atoms. The number of halogens is 1. The zero-order chi connectivity index (χ0) is 22.7. The van der Waals surface area contributed by atoms with Gasteiger partial charge < -0.3 is 20.1 Å². The third kappa shape index (κ3) is 4.80. The van der Waals surface area contributed by atoms with Gasteiger partial charge in [-0.1, -0.05) is 6.07 Å². The number of aromatic nitrogens is 2. The van der Waals surface area contributed by atoms with Gasteiger partial charge in [0.05, 0.1) is 17.8 Å². The van der Waals surface area contributed by atoms with Crippen molar-refractivity contribution in [3.05, 3.63) is 84.2 Å². The van der Waals surface area contributed by atoms with E-state index >= 15 is 0 Å². The third-order valence-electron chi connectivity index (χ3n) is 5.58. The number of pyridine rings is 1. The molecule has 166 valence electrons. The predicted molar refractivity (Wildman–Crippen MR) is 127 cm³/mol. The van der Waals surface area contributed by atoms with Crippen LogP contribution in [0.3, 0.4) is 0 Å². The molecule has 32 heavy (non-hydrogen) atoms. The van der Waals surface area contributed by atoms with Gasteiger partial charge in [-0.25, -0.2) is 4.39 Å². The van der Waals surface area contributed by atoms with Crippen molar-refractivity contribution in [3.63, 3.8) is 0 Å². The predicted octanol–water partition coefficient (Wildman–Crippen LogP) is 4.60. The summed E-state index contributed by atoms with van der Waals surface area (Å²) >= 11 is 5.66. The molecular weight excluding hydrogens is 425 g/mol. The van der Waals surface area contributed by atoms with Crippen LogP contribution in [0.2, 0.25) is 0 Å². The van der Waals surface area contributed by atoms with Crippen molar-refractivity contribution >= 4 is 28.9 Å². The highest BCUT2D eigenvalue weighted by Gasteiger charge is 2.40. The molecule has 1 amide bonds. The Hall–Kier alpha value is -3.26. The molecule has 6 nitrogen and oxygen atoms in total. The Morgan fingerprint density at radius 2 is 2.00 bits per heavy atom. The molecule has 3 heterocycles. The first kappa shape index (κ1) is 22.0. The van der Waals surface area contributed by atoms with Crippen molar-refractivity contribution in [2.45, 2.75) is 38.4 Å². The Morgan fingerprint density at radius 3 is 2.66 bits per heavy atom. The lowest BCUT2D eigenvalue weighted by atomic mass is 9.99. The number of hydrogen-bond acceptors (Lipinski definition) is 3. The van der Waals surface area contributed by atoms with Gasteiger partial charge in [-0.15, -0.1) is 0 Å². The second kappa shape index (κ2) is 9.48. The number of carbonyl (C=O) groups is 1. The van der Waals surface area contributed by atoms with E-state index in [4.69, 9.17) is 12.2 Å². The van der Waals surface area contributed by atoms with Crippen molar-refractivity contribution < 1.29 is 9.18 Å². The van der Waals surface area contributed by atoms with Crippen LogP contribution < -0.4 is 10.6 Å². The Labute approximate surface area is 192 Å². The summed E-state index contributed by atoms with van der Waals surface area (Å²) in [6, 6.07) is 13.8. The fraction of sp³-hybridized carbons (Fsp3) is 0.292. The number of nitrogens with one attached hydrogen (secondary N) is 2. The molecule has 2 atom stereocenters. The van der Waals surface area contributed by atoms with Crippen molar-refractivity contribution in [2.24, 2.45) is 0 Å². The van der Waals surface area contributed by atoms with Gasteiger partial charge in [0.2, 0.25) is 5.91 Å². The molecule has 4 rings (SSSR count). The van der Waals surface area contributed by atoms with E-state index in [9.17, 15) is 9.18 Å². The minimum atomic E-state index is -0.340. The lowest BCUT2D eigenvalue weighted by Gasteiger charge is -2.27. The average Bonchev–Trinajstić information content (AvgIpc) is 3.39. The zero-order valence-corrected chi connectivity index (χ0v) is 18.8. The smallest absolute Gasteiger partial charge is 0.226 e.